The van der Waals surface area contributed by atoms with Crippen molar-refractivity contribution in [2.24, 2.45) is 0 Å². The quantitative estimate of drug-likeness (QED) is 0.237. The standard InChI is InChI=1S/C28H25IN2O5S/c1-17-4-10-22(18(2)12-17)30-26(32)16-36-23-11-7-20(13-24(23)35-3)14-25-27(33)31(28(34)37-25)15-19-5-8-21(29)9-6-19/h4-14H,15-16H2,1-3H3,(H,30,32)/b25-14-. The van der Waals surface area contributed by atoms with Gasteiger partial charge in [-0.05, 0) is 101 Å². The van der Waals surface area contributed by atoms with Crippen LogP contribution in [0.1, 0.15) is 22.3 Å². The second kappa shape index (κ2) is 11.8. The lowest BCUT2D eigenvalue weighted by atomic mass is 10.1. The number of carbonyl (C=O) groups is 3. The van der Waals surface area contributed by atoms with Gasteiger partial charge in [0.15, 0.2) is 18.1 Å². The predicted octanol–water partition coefficient (Wildman–Crippen LogP) is 6.17. The van der Waals surface area contributed by atoms with Gasteiger partial charge in [0, 0.05) is 9.26 Å². The van der Waals surface area contributed by atoms with E-state index in [2.05, 4.69) is 27.9 Å². The lowest BCUT2D eigenvalue weighted by Crippen LogP contribution is -2.27. The van der Waals surface area contributed by atoms with Gasteiger partial charge in [-0.2, -0.15) is 0 Å². The summed E-state index contributed by atoms with van der Waals surface area (Å²) in [6, 6.07) is 18.6. The minimum atomic E-state index is -0.337. The largest absolute Gasteiger partial charge is 0.493 e. The summed E-state index contributed by atoms with van der Waals surface area (Å²) in [6.07, 6.45) is 1.65. The van der Waals surface area contributed by atoms with Crippen molar-refractivity contribution in [1.82, 2.24) is 4.90 Å². The maximum absolute atomic E-state index is 12.9. The molecule has 1 aliphatic heterocycles. The third kappa shape index (κ3) is 6.72. The Morgan fingerprint density at radius 1 is 1.03 bits per heavy atom. The molecule has 0 aromatic heterocycles. The zero-order valence-corrected chi connectivity index (χ0v) is 23.5. The van der Waals surface area contributed by atoms with E-state index in [4.69, 9.17) is 9.47 Å². The fourth-order valence-electron chi connectivity index (χ4n) is 3.74. The molecular weight excluding hydrogens is 603 g/mol. The van der Waals surface area contributed by atoms with E-state index in [1.165, 1.54) is 12.0 Å². The minimum Gasteiger partial charge on any atom is -0.493 e. The van der Waals surface area contributed by atoms with Crippen molar-refractivity contribution in [2.75, 3.05) is 19.0 Å². The van der Waals surface area contributed by atoms with E-state index < -0.39 is 0 Å². The number of amides is 3. The molecule has 3 aromatic rings. The Morgan fingerprint density at radius 2 is 1.78 bits per heavy atom. The lowest BCUT2D eigenvalue weighted by Gasteiger charge is -2.13. The maximum atomic E-state index is 12.9. The highest BCUT2D eigenvalue weighted by atomic mass is 127. The average Bonchev–Trinajstić information content (AvgIpc) is 3.13. The summed E-state index contributed by atoms with van der Waals surface area (Å²) in [7, 11) is 1.50. The summed E-state index contributed by atoms with van der Waals surface area (Å²) < 4.78 is 12.2. The first-order chi connectivity index (χ1) is 17.7. The summed E-state index contributed by atoms with van der Waals surface area (Å²) in [5.41, 5.74) is 4.38. The molecule has 0 radical (unpaired) electrons. The molecule has 190 valence electrons. The monoisotopic (exact) mass is 628 g/mol. The van der Waals surface area contributed by atoms with Gasteiger partial charge in [-0.25, -0.2) is 0 Å². The molecule has 4 rings (SSSR count). The summed E-state index contributed by atoms with van der Waals surface area (Å²) in [5, 5.41) is 2.54. The second-order valence-corrected chi connectivity index (χ2v) is 10.7. The van der Waals surface area contributed by atoms with Gasteiger partial charge in [0.2, 0.25) is 0 Å². The van der Waals surface area contributed by atoms with Gasteiger partial charge < -0.3 is 14.8 Å². The highest BCUT2D eigenvalue weighted by Gasteiger charge is 2.35. The molecule has 0 spiro atoms. The Kier molecular flexibility index (Phi) is 8.55. The van der Waals surface area contributed by atoms with E-state index in [9.17, 15) is 14.4 Å². The van der Waals surface area contributed by atoms with Crippen LogP contribution in [0.2, 0.25) is 0 Å². The highest BCUT2D eigenvalue weighted by molar-refractivity contribution is 14.1. The van der Waals surface area contributed by atoms with Gasteiger partial charge in [0.05, 0.1) is 18.6 Å². The number of anilines is 1. The Balaban J connectivity index is 1.41. The molecule has 1 aliphatic rings. The number of carbonyl (C=O) groups excluding carboxylic acids is 3. The van der Waals surface area contributed by atoms with Gasteiger partial charge in [-0.15, -0.1) is 0 Å². The van der Waals surface area contributed by atoms with Crippen LogP contribution in [0.25, 0.3) is 6.08 Å². The van der Waals surface area contributed by atoms with Crippen LogP contribution >= 0.6 is 34.4 Å². The normalized spacial score (nSPS) is 14.3. The molecule has 1 N–H and O–H groups in total. The zero-order valence-electron chi connectivity index (χ0n) is 20.5. The number of ether oxygens (including phenoxy) is 2. The molecule has 1 heterocycles. The van der Waals surface area contributed by atoms with Crippen LogP contribution in [0.3, 0.4) is 0 Å². The third-order valence-electron chi connectivity index (χ3n) is 5.63. The molecule has 1 saturated heterocycles. The number of methoxy groups -OCH3 is 1. The number of hydrogen-bond acceptors (Lipinski definition) is 6. The molecular formula is C28H25IN2O5S. The first kappa shape index (κ1) is 26.7. The van der Waals surface area contributed by atoms with Gasteiger partial charge in [-0.1, -0.05) is 35.9 Å². The van der Waals surface area contributed by atoms with Crippen LogP contribution in [0, 0.1) is 17.4 Å². The number of rotatable bonds is 8. The zero-order chi connectivity index (χ0) is 26.5. The first-order valence-electron chi connectivity index (χ1n) is 11.4. The maximum Gasteiger partial charge on any atom is 0.293 e. The molecule has 3 aromatic carbocycles. The van der Waals surface area contributed by atoms with E-state index >= 15 is 0 Å². The number of thioether (sulfide) groups is 1. The number of benzene rings is 3. The fourth-order valence-corrected chi connectivity index (χ4v) is 4.93. The first-order valence-corrected chi connectivity index (χ1v) is 13.3. The van der Waals surface area contributed by atoms with Crippen molar-refractivity contribution < 1.29 is 23.9 Å². The van der Waals surface area contributed by atoms with Crippen LogP contribution in [-0.4, -0.2) is 35.7 Å². The van der Waals surface area contributed by atoms with E-state index in [-0.39, 0.29) is 30.2 Å². The lowest BCUT2D eigenvalue weighted by molar-refractivity contribution is -0.123. The molecule has 0 aliphatic carbocycles. The average molecular weight is 628 g/mol. The summed E-state index contributed by atoms with van der Waals surface area (Å²) in [6.45, 7) is 3.95. The number of nitrogens with one attached hydrogen (secondary N) is 1. The van der Waals surface area contributed by atoms with E-state index in [0.29, 0.717) is 22.0 Å². The molecule has 3 amide bonds. The molecule has 0 unspecified atom stereocenters. The number of hydrogen-bond donors (Lipinski definition) is 1. The van der Waals surface area contributed by atoms with Crippen molar-refractivity contribution >= 4 is 63.2 Å². The van der Waals surface area contributed by atoms with Crippen LogP contribution in [-0.2, 0) is 16.1 Å². The summed E-state index contributed by atoms with van der Waals surface area (Å²) in [5.74, 6) is 0.171. The van der Waals surface area contributed by atoms with Crippen molar-refractivity contribution in [3.05, 3.63) is 91.4 Å². The smallest absolute Gasteiger partial charge is 0.293 e. The number of imide groups is 1. The highest BCUT2D eigenvalue weighted by Crippen LogP contribution is 2.35. The molecule has 0 saturated carbocycles. The molecule has 1 fully saturated rings. The Morgan fingerprint density at radius 3 is 2.49 bits per heavy atom. The summed E-state index contributed by atoms with van der Waals surface area (Å²) >= 11 is 3.11. The van der Waals surface area contributed by atoms with Gasteiger partial charge in [0.25, 0.3) is 17.1 Å². The molecule has 0 atom stereocenters. The summed E-state index contributed by atoms with van der Waals surface area (Å²) in [4.78, 5) is 39.4. The number of halogens is 1. The second-order valence-electron chi connectivity index (χ2n) is 8.46. The predicted molar refractivity (Wildman–Crippen MR) is 154 cm³/mol. The Labute approximate surface area is 233 Å². The molecule has 37 heavy (non-hydrogen) atoms. The van der Waals surface area contributed by atoms with E-state index in [1.54, 1.807) is 24.3 Å². The Hall–Kier alpha value is -3.31. The van der Waals surface area contributed by atoms with Gasteiger partial charge in [0.1, 0.15) is 0 Å². The fraction of sp³-hybridized carbons (Fsp3) is 0.179. The molecule has 7 nitrogen and oxygen atoms in total. The number of nitrogens with zero attached hydrogens (tertiary/aromatic N) is 1. The SMILES string of the molecule is COc1cc(/C=C2\SC(=O)N(Cc3ccc(I)cc3)C2=O)ccc1OCC(=O)Nc1ccc(C)cc1C. The van der Waals surface area contributed by atoms with Crippen LogP contribution in [0.4, 0.5) is 10.5 Å². The van der Waals surface area contributed by atoms with Crippen LogP contribution < -0.4 is 14.8 Å². The minimum absolute atomic E-state index is 0.194. The molecule has 0 bridgehead atoms. The van der Waals surface area contributed by atoms with Crippen molar-refractivity contribution in [3.8, 4) is 11.5 Å². The van der Waals surface area contributed by atoms with Gasteiger partial charge in [-0.3, -0.25) is 19.3 Å². The Bertz CT molecular complexity index is 1390. The van der Waals surface area contributed by atoms with Gasteiger partial charge >= 0.3 is 0 Å². The molecule has 9 heteroatoms. The van der Waals surface area contributed by atoms with Crippen LogP contribution in [0.5, 0.6) is 11.5 Å². The van der Waals surface area contributed by atoms with Crippen LogP contribution in [0.15, 0.2) is 65.6 Å². The number of aryl methyl sites for hydroxylation is 2. The topological polar surface area (TPSA) is 84.9 Å². The van der Waals surface area contributed by atoms with Crippen molar-refractivity contribution in [3.63, 3.8) is 0 Å². The third-order valence-corrected chi connectivity index (χ3v) is 7.25. The van der Waals surface area contributed by atoms with Crippen molar-refractivity contribution in [2.45, 2.75) is 20.4 Å². The van der Waals surface area contributed by atoms with E-state index in [0.717, 1.165) is 37.7 Å². The van der Waals surface area contributed by atoms with Crippen molar-refractivity contribution in [1.29, 1.82) is 0 Å². The van der Waals surface area contributed by atoms with E-state index in [1.807, 2.05) is 56.3 Å².